The minimum atomic E-state index is -0.732. The monoisotopic (exact) mass is 252 g/mol. The Morgan fingerprint density at radius 2 is 2.06 bits per heavy atom. The molecule has 0 saturated carbocycles. The Hall–Kier alpha value is -2.24. The van der Waals surface area contributed by atoms with E-state index in [-0.39, 0.29) is 17.0 Å². The molecule has 1 aromatic heterocycles. The Balaban J connectivity index is 2.49. The van der Waals surface area contributed by atoms with Crippen molar-refractivity contribution in [3.63, 3.8) is 0 Å². The molecule has 0 radical (unpaired) electrons. The fourth-order valence-electron chi connectivity index (χ4n) is 1.59. The van der Waals surface area contributed by atoms with Gasteiger partial charge in [0, 0.05) is 18.7 Å². The number of methoxy groups -OCH3 is 1. The van der Waals surface area contributed by atoms with Crippen molar-refractivity contribution in [1.82, 2.24) is 9.78 Å². The van der Waals surface area contributed by atoms with Crippen LogP contribution < -0.4 is 0 Å². The van der Waals surface area contributed by atoms with E-state index in [4.69, 9.17) is 0 Å². The summed E-state index contributed by atoms with van der Waals surface area (Å²) < 4.78 is 32.2. The van der Waals surface area contributed by atoms with Gasteiger partial charge in [-0.05, 0) is 18.2 Å². The van der Waals surface area contributed by atoms with Gasteiger partial charge in [-0.15, -0.1) is 0 Å². The number of hydrogen-bond acceptors (Lipinski definition) is 3. The van der Waals surface area contributed by atoms with Gasteiger partial charge in [0.1, 0.15) is 17.3 Å². The second-order valence-corrected chi connectivity index (χ2v) is 3.65. The lowest BCUT2D eigenvalue weighted by Crippen LogP contribution is -2.07. The SMILES string of the molecule is COC(=O)c1cc(-c2ccc(F)cc2F)nn1C. The van der Waals surface area contributed by atoms with Crippen molar-refractivity contribution in [1.29, 1.82) is 0 Å². The number of rotatable bonds is 2. The van der Waals surface area contributed by atoms with Crippen LogP contribution >= 0.6 is 0 Å². The molecule has 6 heteroatoms. The zero-order valence-electron chi connectivity index (χ0n) is 9.78. The summed E-state index contributed by atoms with van der Waals surface area (Å²) in [5.41, 5.74) is 0.564. The standard InChI is InChI=1S/C12H10F2N2O2/c1-16-11(12(17)18-2)6-10(15-16)8-4-3-7(13)5-9(8)14/h3-6H,1-2H3. The summed E-state index contributed by atoms with van der Waals surface area (Å²) in [4.78, 5) is 11.4. The molecule has 4 nitrogen and oxygen atoms in total. The summed E-state index contributed by atoms with van der Waals surface area (Å²) in [6.45, 7) is 0. The molecule has 0 aliphatic heterocycles. The second-order valence-electron chi connectivity index (χ2n) is 3.65. The van der Waals surface area contributed by atoms with Crippen molar-refractivity contribution in [3.8, 4) is 11.3 Å². The van der Waals surface area contributed by atoms with Gasteiger partial charge < -0.3 is 4.74 Å². The van der Waals surface area contributed by atoms with Crippen LogP contribution in [-0.4, -0.2) is 22.9 Å². The van der Waals surface area contributed by atoms with Crippen molar-refractivity contribution < 1.29 is 18.3 Å². The Labute approximate surface area is 102 Å². The Bertz CT molecular complexity index is 608. The van der Waals surface area contributed by atoms with Crippen LogP contribution in [0.5, 0.6) is 0 Å². The quantitative estimate of drug-likeness (QED) is 0.769. The van der Waals surface area contributed by atoms with E-state index in [9.17, 15) is 13.6 Å². The Morgan fingerprint density at radius 3 is 2.67 bits per heavy atom. The van der Waals surface area contributed by atoms with Crippen molar-refractivity contribution in [2.75, 3.05) is 7.11 Å². The molecule has 0 spiro atoms. The molecule has 0 amide bonds. The number of esters is 1. The van der Waals surface area contributed by atoms with Gasteiger partial charge >= 0.3 is 5.97 Å². The maximum Gasteiger partial charge on any atom is 0.356 e. The molecular formula is C12H10F2N2O2. The molecule has 0 aliphatic rings. The third kappa shape index (κ3) is 2.09. The molecule has 2 aromatic rings. The zero-order chi connectivity index (χ0) is 13.3. The van der Waals surface area contributed by atoms with E-state index < -0.39 is 17.6 Å². The van der Waals surface area contributed by atoms with Crippen LogP contribution in [0.1, 0.15) is 10.5 Å². The first-order valence-electron chi connectivity index (χ1n) is 5.10. The normalized spacial score (nSPS) is 10.4. The van der Waals surface area contributed by atoms with Gasteiger partial charge in [-0.2, -0.15) is 5.10 Å². The number of nitrogens with zero attached hydrogens (tertiary/aromatic N) is 2. The van der Waals surface area contributed by atoms with Gasteiger partial charge in [-0.25, -0.2) is 13.6 Å². The zero-order valence-corrected chi connectivity index (χ0v) is 9.78. The fraction of sp³-hybridized carbons (Fsp3) is 0.167. The number of aryl methyl sites for hydroxylation is 1. The first-order chi connectivity index (χ1) is 8.52. The maximum atomic E-state index is 13.6. The highest BCUT2D eigenvalue weighted by molar-refractivity contribution is 5.88. The molecule has 1 aromatic carbocycles. The van der Waals surface area contributed by atoms with Crippen molar-refractivity contribution in [3.05, 3.63) is 41.6 Å². The van der Waals surface area contributed by atoms with Gasteiger partial charge in [-0.1, -0.05) is 0 Å². The molecule has 0 aliphatic carbocycles. The van der Waals surface area contributed by atoms with E-state index in [1.807, 2.05) is 0 Å². The maximum absolute atomic E-state index is 13.6. The third-order valence-electron chi connectivity index (χ3n) is 2.48. The summed E-state index contributed by atoms with van der Waals surface area (Å²) in [6.07, 6.45) is 0. The summed E-state index contributed by atoms with van der Waals surface area (Å²) in [5, 5.41) is 3.99. The van der Waals surface area contributed by atoms with Crippen LogP contribution in [0.25, 0.3) is 11.3 Å². The first kappa shape index (κ1) is 12.2. The molecule has 0 atom stereocenters. The largest absolute Gasteiger partial charge is 0.464 e. The predicted molar refractivity (Wildman–Crippen MR) is 59.9 cm³/mol. The van der Waals surface area contributed by atoms with E-state index in [2.05, 4.69) is 9.84 Å². The highest BCUT2D eigenvalue weighted by Crippen LogP contribution is 2.23. The van der Waals surface area contributed by atoms with Gasteiger partial charge in [-0.3, -0.25) is 4.68 Å². The van der Waals surface area contributed by atoms with Gasteiger partial charge in [0.2, 0.25) is 0 Å². The van der Waals surface area contributed by atoms with Crippen LogP contribution in [0.4, 0.5) is 8.78 Å². The number of benzene rings is 1. The Kier molecular flexibility index (Phi) is 3.10. The van der Waals surface area contributed by atoms with E-state index in [0.717, 1.165) is 12.1 Å². The second kappa shape index (κ2) is 4.56. The van der Waals surface area contributed by atoms with Gasteiger partial charge in [0.25, 0.3) is 0 Å². The van der Waals surface area contributed by atoms with Crippen molar-refractivity contribution >= 4 is 5.97 Å². The number of carbonyl (C=O) groups excluding carboxylic acids is 1. The van der Waals surface area contributed by atoms with Gasteiger partial charge in [0.15, 0.2) is 0 Å². The topological polar surface area (TPSA) is 44.1 Å². The summed E-state index contributed by atoms with van der Waals surface area (Å²) >= 11 is 0. The third-order valence-corrected chi connectivity index (χ3v) is 2.48. The van der Waals surface area contributed by atoms with Gasteiger partial charge in [0.05, 0.1) is 12.8 Å². The number of hydrogen-bond donors (Lipinski definition) is 0. The molecule has 0 unspecified atom stereocenters. The highest BCUT2D eigenvalue weighted by atomic mass is 19.1. The molecule has 0 bridgehead atoms. The molecule has 0 fully saturated rings. The van der Waals surface area contributed by atoms with Crippen LogP contribution in [0.2, 0.25) is 0 Å². The van der Waals surface area contributed by atoms with E-state index in [1.54, 1.807) is 0 Å². The number of halogens is 2. The Morgan fingerprint density at radius 1 is 1.33 bits per heavy atom. The fourth-order valence-corrected chi connectivity index (χ4v) is 1.59. The lowest BCUT2D eigenvalue weighted by Gasteiger charge is -1.98. The molecule has 94 valence electrons. The van der Waals surface area contributed by atoms with Crippen LogP contribution in [0, 0.1) is 11.6 Å². The molecule has 0 saturated heterocycles. The summed E-state index contributed by atoms with van der Waals surface area (Å²) in [7, 11) is 2.78. The van der Waals surface area contributed by atoms with Crippen molar-refractivity contribution in [2.45, 2.75) is 0 Å². The molecule has 18 heavy (non-hydrogen) atoms. The van der Waals surface area contributed by atoms with E-state index >= 15 is 0 Å². The number of ether oxygens (including phenoxy) is 1. The minimum absolute atomic E-state index is 0.127. The lowest BCUT2D eigenvalue weighted by atomic mass is 10.1. The summed E-state index contributed by atoms with van der Waals surface area (Å²) in [6, 6.07) is 4.56. The highest BCUT2D eigenvalue weighted by Gasteiger charge is 2.16. The van der Waals surface area contributed by atoms with E-state index in [0.29, 0.717) is 0 Å². The van der Waals surface area contributed by atoms with E-state index in [1.165, 1.54) is 31.0 Å². The van der Waals surface area contributed by atoms with Crippen LogP contribution in [0.3, 0.4) is 0 Å². The lowest BCUT2D eigenvalue weighted by molar-refractivity contribution is 0.0588. The molecular weight excluding hydrogens is 242 g/mol. The summed E-state index contributed by atoms with van der Waals surface area (Å²) in [5.74, 6) is -1.97. The number of carbonyl (C=O) groups is 1. The predicted octanol–water partition coefficient (Wildman–Crippen LogP) is 2.15. The molecule has 1 heterocycles. The minimum Gasteiger partial charge on any atom is -0.464 e. The van der Waals surface area contributed by atoms with Crippen LogP contribution in [-0.2, 0) is 11.8 Å². The average molecular weight is 252 g/mol. The molecule has 0 N–H and O–H groups in total. The average Bonchev–Trinajstić information content (AvgIpc) is 2.70. The molecule has 2 rings (SSSR count). The first-order valence-corrected chi connectivity index (χ1v) is 5.10. The van der Waals surface area contributed by atoms with Crippen LogP contribution in [0.15, 0.2) is 24.3 Å². The smallest absolute Gasteiger partial charge is 0.356 e. The number of aromatic nitrogens is 2. The van der Waals surface area contributed by atoms with Crippen molar-refractivity contribution in [2.24, 2.45) is 7.05 Å².